The van der Waals surface area contributed by atoms with Crippen LogP contribution in [0.15, 0.2) is 0 Å². The molecule has 0 aromatic carbocycles. The summed E-state index contributed by atoms with van der Waals surface area (Å²) in [6, 6.07) is 0. The molecule has 1 fully saturated rings. The smallest absolute Gasteiger partial charge is 0.237 e. The van der Waals surface area contributed by atoms with Crippen molar-refractivity contribution in [2.75, 3.05) is 6.61 Å². The molecule has 4 heteroatoms. The summed E-state index contributed by atoms with van der Waals surface area (Å²) >= 11 is 0. The third-order valence-electron chi connectivity index (χ3n) is 2.90. The lowest BCUT2D eigenvalue weighted by molar-refractivity contribution is -0.126. The summed E-state index contributed by atoms with van der Waals surface area (Å²) in [6.45, 7) is 4.93. The molecule has 0 heterocycles. The lowest BCUT2D eigenvalue weighted by Crippen LogP contribution is -2.56. The largest absolute Gasteiger partial charge is 0.378 e. The lowest BCUT2D eigenvalue weighted by Gasteiger charge is -2.35. The first-order valence-corrected chi connectivity index (χ1v) is 5.64. The minimum absolute atomic E-state index is 0.0960. The molecule has 2 unspecified atom stereocenters. The van der Waals surface area contributed by atoms with Crippen LogP contribution in [0.3, 0.4) is 0 Å². The lowest BCUT2D eigenvalue weighted by atomic mass is 9.80. The van der Waals surface area contributed by atoms with E-state index < -0.39 is 11.4 Å². The highest BCUT2D eigenvalue weighted by Crippen LogP contribution is 2.28. The third-order valence-corrected chi connectivity index (χ3v) is 2.90. The Morgan fingerprint density at radius 1 is 1.60 bits per heavy atom. The number of carbonyl (C=O) groups is 1. The summed E-state index contributed by atoms with van der Waals surface area (Å²) in [4.78, 5) is 11.2. The molecule has 1 rings (SSSR count). The monoisotopic (exact) mass is 214 g/mol. The van der Waals surface area contributed by atoms with E-state index in [-0.39, 0.29) is 6.10 Å². The van der Waals surface area contributed by atoms with Crippen molar-refractivity contribution in [3.8, 4) is 0 Å². The van der Waals surface area contributed by atoms with Gasteiger partial charge in [0, 0.05) is 13.0 Å². The SMILES string of the molecule is CC(C)COC1CCCC(N)(C(N)=O)C1. The van der Waals surface area contributed by atoms with Crippen molar-refractivity contribution in [1.82, 2.24) is 0 Å². The van der Waals surface area contributed by atoms with Crippen LogP contribution in [0.1, 0.15) is 39.5 Å². The Labute approximate surface area is 91.3 Å². The Morgan fingerprint density at radius 3 is 2.80 bits per heavy atom. The molecule has 1 saturated carbocycles. The molecular formula is C11H22N2O2. The van der Waals surface area contributed by atoms with E-state index in [0.717, 1.165) is 19.4 Å². The molecule has 0 aromatic rings. The van der Waals surface area contributed by atoms with Crippen LogP contribution in [0.5, 0.6) is 0 Å². The van der Waals surface area contributed by atoms with E-state index in [9.17, 15) is 4.79 Å². The van der Waals surface area contributed by atoms with Crippen molar-refractivity contribution in [3.63, 3.8) is 0 Å². The molecule has 88 valence electrons. The van der Waals surface area contributed by atoms with Crippen molar-refractivity contribution < 1.29 is 9.53 Å². The van der Waals surface area contributed by atoms with Crippen LogP contribution in [0.25, 0.3) is 0 Å². The summed E-state index contributed by atoms with van der Waals surface area (Å²) in [5, 5.41) is 0. The van der Waals surface area contributed by atoms with Gasteiger partial charge in [-0.05, 0) is 25.2 Å². The number of primary amides is 1. The second-order valence-electron chi connectivity index (χ2n) is 4.97. The van der Waals surface area contributed by atoms with Crippen LogP contribution in [-0.4, -0.2) is 24.2 Å². The first-order valence-electron chi connectivity index (χ1n) is 5.64. The molecule has 0 aliphatic heterocycles. The van der Waals surface area contributed by atoms with Crippen molar-refractivity contribution in [2.45, 2.75) is 51.2 Å². The average Bonchev–Trinajstić information content (AvgIpc) is 2.15. The zero-order valence-electron chi connectivity index (χ0n) is 9.66. The maximum atomic E-state index is 11.2. The van der Waals surface area contributed by atoms with Gasteiger partial charge in [0.25, 0.3) is 0 Å². The summed E-state index contributed by atoms with van der Waals surface area (Å²) in [5.74, 6) is 0.105. The number of carbonyl (C=O) groups excluding carboxylic acids is 1. The molecule has 0 saturated heterocycles. The van der Waals surface area contributed by atoms with Gasteiger partial charge in [-0.3, -0.25) is 4.79 Å². The van der Waals surface area contributed by atoms with Crippen molar-refractivity contribution >= 4 is 5.91 Å². The van der Waals surface area contributed by atoms with Crippen LogP contribution in [0.4, 0.5) is 0 Å². The summed E-state index contributed by atoms with van der Waals surface area (Å²) in [6.07, 6.45) is 3.25. The average molecular weight is 214 g/mol. The van der Waals surface area contributed by atoms with Crippen LogP contribution in [-0.2, 0) is 9.53 Å². The number of ether oxygens (including phenoxy) is 1. The van der Waals surface area contributed by atoms with Gasteiger partial charge in [0.15, 0.2) is 0 Å². The minimum Gasteiger partial charge on any atom is -0.378 e. The van der Waals surface area contributed by atoms with Gasteiger partial charge < -0.3 is 16.2 Å². The second-order valence-corrected chi connectivity index (χ2v) is 4.97. The highest BCUT2D eigenvalue weighted by Gasteiger charge is 2.38. The summed E-state index contributed by atoms with van der Waals surface area (Å²) < 4.78 is 5.70. The molecule has 15 heavy (non-hydrogen) atoms. The maximum absolute atomic E-state index is 11.2. The van der Waals surface area contributed by atoms with Crippen LogP contribution in [0.2, 0.25) is 0 Å². The Bertz CT molecular complexity index is 231. The van der Waals surface area contributed by atoms with Gasteiger partial charge in [0.2, 0.25) is 5.91 Å². The van der Waals surface area contributed by atoms with Gasteiger partial charge in [0.1, 0.15) is 0 Å². The maximum Gasteiger partial charge on any atom is 0.237 e. The number of rotatable bonds is 4. The highest BCUT2D eigenvalue weighted by atomic mass is 16.5. The van der Waals surface area contributed by atoms with Gasteiger partial charge >= 0.3 is 0 Å². The molecule has 1 aliphatic rings. The number of nitrogens with two attached hydrogens (primary N) is 2. The topological polar surface area (TPSA) is 78.3 Å². The van der Waals surface area contributed by atoms with E-state index in [1.807, 2.05) is 0 Å². The zero-order chi connectivity index (χ0) is 11.5. The Hall–Kier alpha value is -0.610. The Morgan fingerprint density at radius 2 is 2.27 bits per heavy atom. The third kappa shape index (κ3) is 3.47. The molecule has 1 amide bonds. The highest BCUT2D eigenvalue weighted by molar-refractivity contribution is 5.84. The predicted molar refractivity (Wildman–Crippen MR) is 59.2 cm³/mol. The van der Waals surface area contributed by atoms with Crippen molar-refractivity contribution in [1.29, 1.82) is 0 Å². The van der Waals surface area contributed by atoms with Gasteiger partial charge in [-0.1, -0.05) is 13.8 Å². The molecule has 0 radical (unpaired) electrons. The fourth-order valence-electron chi connectivity index (χ4n) is 1.95. The van der Waals surface area contributed by atoms with Crippen molar-refractivity contribution in [2.24, 2.45) is 17.4 Å². The van der Waals surface area contributed by atoms with Gasteiger partial charge in [0.05, 0.1) is 11.6 Å². The van der Waals surface area contributed by atoms with E-state index in [4.69, 9.17) is 16.2 Å². The molecule has 0 spiro atoms. The Balaban J connectivity index is 2.45. The molecule has 0 bridgehead atoms. The molecular weight excluding hydrogens is 192 g/mol. The zero-order valence-corrected chi connectivity index (χ0v) is 9.66. The number of hydrogen-bond acceptors (Lipinski definition) is 3. The van der Waals surface area contributed by atoms with Gasteiger partial charge in [-0.15, -0.1) is 0 Å². The minimum atomic E-state index is -0.847. The van der Waals surface area contributed by atoms with E-state index >= 15 is 0 Å². The summed E-state index contributed by atoms with van der Waals surface area (Å²) in [7, 11) is 0. The summed E-state index contributed by atoms with van der Waals surface area (Å²) in [5.41, 5.74) is 10.4. The van der Waals surface area contributed by atoms with Gasteiger partial charge in [-0.2, -0.15) is 0 Å². The predicted octanol–water partition coefficient (Wildman–Crippen LogP) is 0.784. The first-order chi connectivity index (χ1) is 6.94. The van der Waals surface area contributed by atoms with E-state index in [1.54, 1.807) is 0 Å². The second kappa shape index (κ2) is 4.94. The van der Waals surface area contributed by atoms with Crippen LogP contribution in [0, 0.1) is 5.92 Å². The van der Waals surface area contributed by atoms with E-state index in [1.165, 1.54) is 0 Å². The molecule has 4 nitrogen and oxygen atoms in total. The molecule has 2 atom stereocenters. The Kier molecular flexibility index (Phi) is 4.11. The van der Waals surface area contributed by atoms with Crippen LogP contribution >= 0.6 is 0 Å². The molecule has 1 aliphatic carbocycles. The van der Waals surface area contributed by atoms with Crippen LogP contribution < -0.4 is 11.5 Å². The fourth-order valence-corrected chi connectivity index (χ4v) is 1.95. The quantitative estimate of drug-likeness (QED) is 0.726. The van der Waals surface area contributed by atoms with E-state index in [0.29, 0.717) is 18.8 Å². The number of hydrogen-bond donors (Lipinski definition) is 2. The standard InChI is InChI=1S/C11H22N2O2/c1-8(2)7-15-9-4-3-5-11(13,6-9)10(12)14/h8-9H,3-7,13H2,1-2H3,(H2,12,14). The molecule has 4 N–H and O–H groups in total. The first kappa shape index (κ1) is 12.5. The fraction of sp³-hybridized carbons (Fsp3) is 0.909. The van der Waals surface area contributed by atoms with Gasteiger partial charge in [-0.25, -0.2) is 0 Å². The van der Waals surface area contributed by atoms with E-state index in [2.05, 4.69) is 13.8 Å². The molecule has 0 aromatic heterocycles. The normalized spacial score (nSPS) is 31.9. The number of amides is 1. The van der Waals surface area contributed by atoms with Crippen molar-refractivity contribution in [3.05, 3.63) is 0 Å².